The van der Waals surface area contributed by atoms with Crippen molar-refractivity contribution in [2.45, 2.75) is 6.61 Å². The van der Waals surface area contributed by atoms with Crippen molar-refractivity contribution in [1.29, 1.82) is 0 Å². The van der Waals surface area contributed by atoms with E-state index in [9.17, 15) is 4.79 Å². The zero-order chi connectivity index (χ0) is 18.5. The minimum atomic E-state index is -0.100. The predicted molar refractivity (Wildman–Crippen MR) is 112 cm³/mol. The van der Waals surface area contributed by atoms with Gasteiger partial charge in [-0.05, 0) is 35.2 Å². The Morgan fingerprint density at radius 3 is 2.85 bits per heavy atom. The number of hydrogen-bond donors (Lipinski definition) is 0. The second kappa shape index (κ2) is 8.53. The molecule has 0 bridgehead atoms. The molecule has 0 saturated carbocycles. The summed E-state index contributed by atoms with van der Waals surface area (Å²) >= 11 is 8.19. The van der Waals surface area contributed by atoms with Crippen LogP contribution in [0, 0.1) is 0 Å². The molecular weight excluding hydrogens is 386 g/mol. The van der Waals surface area contributed by atoms with Gasteiger partial charge in [-0.2, -0.15) is 0 Å². The van der Waals surface area contributed by atoms with Crippen molar-refractivity contribution in [3.63, 3.8) is 0 Å². The number of nitrogens with zero attached hydrogens (tertiary/aromatic N) is 1. The van der Waals surface area contributed by atoms with Crippen LogP contribution in [0.5, 0.6) is 11.5 Å². The average Bonchev–Trinajstić information content (AvgIpc) is 3.25. The van der Waals surface area contributed by atoms with Gasteiger partial charge in [-0.1, -0.05) is 42.2 Å². The van der Waals surface area contributed by atoms with E-state index in [0.717, 1.165) is 10.4 Å². The number of ether oxygens (including phenoxy) is 2. The van der Waals surface area contributed by atoms with Crippen molar-refractivity contribution >= 4 is 51.6 Å². The van der Waals surface area contributed by atoms with Gasteiger partial charge in [-0.3, -0.25) is 9.69 Å². The molecule has 1 saturated heterocycles. The van der Waals surface area contributed by atoms with E-state index in [1.807, 2.05) is 41.8 Å². The molecule has 0 aliphatic carbocycles. The molecule has 3 rings (SSSR count). The monoisotopic (exact) mass is 403 g/mol. The Morgan fingerprint density at radius 2 is 2.15 bits per heavy atom. The lowest BCUT2D eigenvalue weighted by molar-refractivity contribution is -0.121. The lowest BCUT2D eigenvalue weighted by atomic mass is 10.2. The van der Waals surface area contributed by atoms with Gasteiger partial charge in [0.25, 0.3) is 5.91 Å². The summed E-state index contributed by atoms with van der Waals surface area (Å²) in [5, 5.41) is 2.02. The smallest absolute Gasteiger partial charge is 0.266 e. The summed E-state index contributed by atoms with van der Waals surface area (Å²) < 4.78 is 11.8. The highest BCUT2D eigenvalue weighted by Crippen LogP contribution is 2.35. The number of carbonyl (C=O) groups excluding carboxylic acids is 1. The third kappa shape index (κ3) is 4.17. The van der Waals surface area contributed by atoms with Gasteiger partial charge in [-0.25, -0.2) is 0 Å². The number of hydrogen-bond acceptors (Lipinski definition) is 6. The SMILES string of the molecule is C=CCN1C(=O)/C(=C/c2ccc(OCc3cccs3)c(OC)c2)SC1=S. The van der Waals surface area contributed by atoms with Crippen LogP contribution in [0.3, 0.4) is 0 Å². The fourth-order valence-electron chi connectivity index (χ4n) is 2.37. The molecule has 1 aliphatic heterocycles. The summed E-state index contributed by atoms with van der Waals surface area (Å²) in [5.41, 5.74) is 0.851. The lowest BCUT2D eigenvalue weighted by Gasteiger charge is -2.11. The maximum atomic E-state index is 12.4. The van der Waals surface area contributed by atoms with E-state index >= 15 is 0 Å². The minimum absolute atomic E-state index is 0.100. The first-order valence-electron chi connectivity index (χ1n) is 7.82. The van der Waals surface area contributed by atoms with E-state index in [4.69, 9.17) is 21.7 Å². The van der Waals surface area contributed by atoms with Gasteiger partial charge < -0.3 is 9.47 Å². The molecule has 134 valence electrons. The van der Waals surface area contributed by atoms with Gasteiger partial charge in [0.15, 0.2) is 11.5 Å². The van der Waals surface area contributed by atoms with Crippen molar-refractivity contribution in [3.8, 4) is 11.5 Å². The molecule has 2 heterocycles. The highest BCUT2D eigenvalue weighted by Gasteiger charge is 2.30. The first-order valence-corrected chi connectivity index (χ1v) is 9.92. The Bertz CT molecular complexity index is 859. The number of amides is 1. The van der Waals surface area contributed by atoms with Gasteiger partial charge in [0, 0.05) is 11.4 Å². The second-order valence-electron chi connectivity index (χ2n) is 5.36. The van der Waals surface area contributed by atoms with Crippen molar-refractivity contribution in [1.82, 2.24) is 4.90 Å². The number of rotatable bonds is 7. The number of thioether (sulfide) groups is 1. The molecule has 7 heteroatoms. The van der Waals surface area contributed by atoms with Gasteiger partial charge in [-0.15, -0.1) is 17.9 Å². The molecule has 0 radical (unpaired) electrons. The zero-order valence-electron chi connectivity index (χ0n) is 14.1. The fraction of sp³-hybridized carbons (Fsp3) is 0.158. The Kier molecular flexibility index (Phi) is 6.13. The summed E-state index contributed by atoms with van der Waals surface area (Å²) in [6.45, 7) is 4.57. The first kappa shape index (κ1) is 18.7. The van der Waals surface area contributed by atoms with Crippen LogP contribution in [-0.2, 0) is 11.4 Å². The van der Waals surface area contributed by atoms with Crippen LogP contribution in [-0.4, -0.2) is 28.8 Å². The van der Waals surface area contributed by atoms with Crippen LogP contribution in [0.1, 0.15) is 10.4 Å². The third-order valence-corrected chi connectivity index (χ3v) is 5.85. The van der Waals surface area contributed by atoms with Crippen molar-refractivity contribution in [2.75, 3.05) is 13.7 Å². The number of carbonyl (C=O) groups is 1. The second-order valence-corrected chi connectivity index (χ2v) is 8.07. The number of thiophene rings is 1. The maximum absolute atomic E-state index is 12.4. The normalized spacial score (nSPS) is 15.6. The van der Waals surface area contributed by atoms with E-state index < -0.39 is 0 Å². The van der Waals surface area contributed by atoms with Crippen LogP contribution >= 0.6 is 35.3 Å². The molecule has 26 heavy (non-hydrogen) atoms. The summed E-state index contributed by atoms with van der Waals surface area (Å²) in [4.78, 5) is 15.7. The largest absolute Gasteiger partial charge is 0.493 e. The van der Waals surface area contributed by atoms with Gasteiger partial charge >= 0.3 is 0 Å². The lowest BCUT2D eigenvalue weighted by Crippen LogP contribution is -2.27. The standard InChI is InChI=1S/C19H17NO3S3/c1-3-8-20-18(21)17(26-19(20)24)11-13-6-7-15(16(10-13)22-2)23-12-14-5-4-9-25-14/h3-7,9-11H,1,8,12H2,2H3/b17-11-. The van der Waals surface area contributed by atoms with E-state index in [-0.39, 0.29) is 5.91 Å². The van der Waals surface area contributed by atoms with E-state index in [1.54, 1.807) is 24.5 Å². The molecule has 1 aromatic heterocycles. The summed E-state index contributed by atoms with van der Waals surface area (Å²) in [6, 6.07) is 9.61. The van der Waals surface area contributed by atoms with Crippen molar-refractivity contribution < 1.29 is 14.3 Å². The zero-order valence-corrected chi connectivity index (χ0v) is 16.6. The molecule has 1 aromatic carbocycles. The molecule has 4 nitrogen and oxygen atoms in total. The van der Waals surface area contributed by atoms with Gasteiger partial charge in [0.05, 0.1) is 12.0 Å². The van der Waals surface area contributed by atoms with Crippen LogP contribution in [0.4, 0.5) is 0 Å². The highest BCUT2D eigenvalue weighted by molar-refractivity contribution is 8.26. The molecule has 2 aromatic rings. The van der Waals surface area contributed by atoms with Gasteiger partial charge in [0.2, 0.25) is 0 Å². The third-order valence-electron chi connectivity index (χ3n) is 3.62. The van der Waals surface area contributed by atoms with E-state index in [2.05, 4.69) is 6.58 Å². The highest BCUT2D eigenvalue weighted by atomic mass is 32.2. The van der Waals surface area contributed by atoms with Crippen LogP contribution < -0.4 is 9.47 Å². The molecule has 1 fully saturated rings. The predicted octanol–water partition coefficient (Wildman–Crippen LogP) is 4.72. The molecular formula is C19H17NO3S3. The summed E-state index contributed by atoms with van der Waals surface area (Å²) in [5.74, 6) is 1.19. The molecule has 0 atom stereocenters. The van der Waals surface area contributed by atoms with Crippen LogP contribution in [0.25, 0.3) is 6.08 Å². The Morgan fingerprint density at radius 1 is 1.31 bits per heavy atom. The number of benzene rings is 1. The van der Waals surface area contributed by atoms with Crippen molar-refractivity contribution in [3.05, 3.63) is 63.7 Å². The maximum Gasteiger partial charge on any atom is 0.266 e. The fourth-order valence-corrected chi connectivity index (χ4v) is 4.27. The number of methoxy groups -OCH3 is 1. The molecule has 0 spiro atoms. The summed E-state index contributed by atoms with van der Waals surface area (Å²) in [7, 11) is 1.60. The molecule has 0 N–H and O–H groups in total. The van der Waals surface area contributed by atoms with Crippen LogP contribution in [0.2, 0.25) is 0 Å². The molecule has 1 amide bonds. The Labute approximate surface area is 166 Å². The van der Waals surface area contributed by atoms with E-state index in [0.29, 0.717) is 33.9 Å². The average molecular weight is 404 g/mol. The quantitative estimate of drug-likeness (QED) is 0.380. The summed E-state index contributed by atoms with van der Waals surface area (Å²) in [6.07, 6.45) is 3.48. The Balaban J connectivity index is 1.77. The first-order chi connectivity index (χ1) is 12.6. The number of thiocarbonyl (C=S) groups is 1. The Hall–Kier alpha value is -2.09. The van der Waals surface area contributed by atoms with Gasteiger partial charge in [0.1, 0.15) is 10.9 Å². The van der Waals surface area contributed by atoms with E-state index in [1.165, 1.54) is 16.7 Å². The minimum Gasteiger partial charge on any atom is -0.493 e. The van der Waals surface area contributed by atoms with Crippen LogP contribution in [0.15, 0.2) is 53.3 Å². The van der Waals surface area contributed by atoms with Crippen molar-refractivity contribution in [2.24, 2.45) is 0 Å². The molecule has 0 unspecified atom stereocenters. The molecule has 1 aliphatic rings. The topological polar surface area (TPSA) is 38.8 Å².